The molecule has 0 radical (unpaired) electrons. The fraction of sp³-hybridized carbons (Fsp3) is 1.00. The fourth-order valence-corrected chi connectivity index (χ4v) is 2.94. The van der Waals surface area contributed by atoms with E-state index in [1.807, 2.05) is 0 Å². The standard InChI is InChI=1S/C19H40O/c1-4-6-8-9-10-11-12-13-14-16-19(20)17-18(3)15-7-5-2/h18-20H,4-17H2,1-3H3/t18-,19-/m1/s1. The van der Waals surface area contributed by atoms with Gasteiger partial charge in [-0.3, -0.25) is 0 Å². The second-order valence-electron chi connectivity index (χ2n) is 6.75. The van der Waals surface area contributed by atoms with Crippen LogP contribution < -0.4 is 0 Å². The SMILES string of the molecule is CCCCCCCCCCC[C@@H](O)C[C@H](C)CCCC. The number of aliphatic hydroxyl groups excluding tert-OH is 1. The summed E-state index contributed by atoms with van der Waals surface area (Å²) in [5.74, 6) is 0.698. The molecule has 0 heterocycles. The second-order valence-corrected chi connectivity index (χ2v) is 6.75. The topological polar surface area (TPSA) is 20.2 Å². The first kappa shape index (κ1) is 20.0. The molecule has 0 unspecified atom stereocenters. The predicted octanol–water partition coefficient (Wildman–Crippen LogP) is 6.48. The molecule has 0 aromatic heterocycles. The van der Waals surface area contributed by atoms with Crippen molar-refractivity contribution in [3.63, 3.8) is 0 Å². The van der Waals surface area contributed by atoms with E-state index in [9.17, 15) is 5.11 Å². The molecule has 0 saturated carbocycles. The Balaban J connectivity index is 3.24. The molecule has 0 amide bonds. The Morgan fingerprint density at radius 3 is 1.70 bits per heavy atom. The molecule has 122 valence electrons. The first-order chi connectivity index (χ1) is 9.70. The minimum absolute atomic E-state index is 0.0496. The number of unbranched alkanes of at least 4 members (excludes halogenated alkanes) is 9. The monoisotopic (exact) mass is 284 g/mol. The Morgan fingerprint density at radius 1 is 0.650 bits per heavy atom. The van der Waals surface area contributed by atoms with Crippen molar-refractivity contribution in [2.75, 3.05) is 0 Å². The Kier molecular flexibility index (Phi) is 15.3. The molecule has 0 aromatic carbocycles. The van der Waals surface area contributed by atoms with Gasteiger partial charge in [-0.25, -0.2) is 0 Å². The van der Waals surface area contributed by atoms with Gasteiger partial charge in [0.1, 0.15) is 0 Å². The van der Waals surface area contributed by atoms with Crippen LogP contribution in [0.25, 0.3) is 0 Å². The van der Waals surface area contributed by atoms with E-state index in [2.05, 4.69) is 20.8 Å². The Bertz CT molecular complexity index is 179. The van der Waals surface area contributed by atoms with Gasteiger partial charge in [-0.1, -0.05) is 97.8 Å². The van der Waals surface area contributed by atoms with Crippen molar-refractivity contribution < 1.29 is 5.11 Å². The van der Waals surface area contributed by atoms with Crippen LogP contribution in [0.2, 0.25) is 0 Å². The highest BCUT2D eigenvalue weighted by Crippen LogP contribution is 2.18. The van der Waals surface area contributed by atoms with Crippen LogP contribution in [-0.4, -0.2) is 11.2 Å². The second kappa shape index (κ2) is 15.4. The maximum absolute atomic E-state index is 10.0. The van der Waals surface area contributed by atoms with Crippen molar-refractivity contribution in [3.05, 3.63) is 0 Å². The zero-order valence-electron chi connectivity index (χ0n) is 14.5. The van der Waals surface area contributed by atoms with Crippen LogP contribution >= 0.6 is 0 Å². The van der Waals surface area contributed by atoms with Crippen molar-refractivity contribution in [2.24, 2.45) is 5.92 Å². The van der Waals surface area contributed by atoms with E-state index in [1.165, 1.54) is 77.0 Å². The first-order valence-corrected chi connectivity index (χ1v) is 9.38. The third-order valence-electron chi connectivity index (χ3n) is 4.37. The van der Waals surface area contributed by atoms with Crippen LogP contribution in [0.4, 0.5) is 0 Å². The zero-order valence-corrected chi connectivity index (χ0v) is 14.5. The first-order valence-electron chi connectivity index (χ1n) is 9.38. The Morgan fingerprint density at radius 2 is 1.15 bits per heavy atom. The minimum Gasteiger partial charge on any atom is -0.393 e. The molecule has 1 N–H and O–H groups in total. The summed E-state index contributed by atoms with van der Waals surface area (Å²) in [5, 5.41) is 10.0. The van der Waals surface area contributed by atoms with E-state index in [-0.39, 0.29) is 6.10 Å². The maximum Gasteiger partial charge on any atom is 0.0542 e. The van der Waals surface area contributed by atoms with Gasteiger partial charge in [-0.05, 0) is 18.8 Å². The largest absolute Gasteiger partial charge is 0.393 e. The summed E-state index contributed by atoms with van der Waals surface area (Å²) in [4.78, 5) is 0. The summed E-state index contributed by atoms with van der Waals surface area (Å²) in [6.45, 7) is 6.80. The van der Waals surface area contributed by atoms with Gasteiger partial charge in [0.25, 0.3) is 0 Å². The van der Waals surface area contributed by atoms with Crippen LogP contribution in [0.15, 0.2) is 0 Å². The quantitative estimate of drug-likeness (QED) is 0.341. The predicted molar refractivity (Wildman–Crippen MR) is 91.2 cm³/mol. The molecule has 0 rings (SSSR count). The smallest absolute Gasteiger partial charge is 0.0542 e. The van der Waals surface area contributed by atoms with Gasteiger partial charge in [0.15, 0.2) is 0 Å². The molecule has 0 spiro atoms. The summed E-state index contributed by atoms with van der Waals surface area (Å²) < 4.78 is 0. The van der Waals surface area contributed by atoms with E-state index >= 15 is 0 Å². The van der Waals surface area contributed by atoms with Crippen molar-refractivity contribution in [2.45, 2.75) is 117 Å². The van der Waals surface area contributed by atoms with Crippen molar-refractivity contribution in [1.29, 1.82) is 0 Å². The lowest BCUT2D eigenvalue weighted by molar-refractivity contribution is 0.130. The molecule has 0 aliphatic heterocycles. The average Bonchev–Trinajstić information content (AvgIpc) is 2.43. The molecular formula is C19H40O. The van der Waals surface area contributed by atoms with E-state index in [4.69, 9.17) is 0 Å². The molecule has 1 nitrogen and oxygen atoms in total. The Hall–Kier alpha value is -0.0400. The summed E-state index contributed by atoms with van der Waals surface area (Å²) in [6.07, 6.45) is 18.1. The van der Waals surface area contributed by atoms with E-state index < -0.39 is 0 Å². The summed E-state index contributed by atoms with van der Waals surface area (Å²) in [5.41, 5.74) is 0. The normalized spacial score (nSPS) is 14.4. The minimum atomic E-state index is -0.0496. The summed E-state index contributed by atoms with van der Waals surface area (Å²) in [6, 6.07) is 0. The number of hydrogen-bond acceptors (Lipinski definition) is 1. The summed E-state index contributed by atoms with van der Waals surface area (Å²) >= 11 is 0. The molecule has 0 aliphatic carbocycles. The molecule has 0 saturated heterocycles. The number of aliphatic hydroxyl groups is 1. The van der Waals surface area contributed by atoms with E-state index in [0.717, 1.165) is 12.8 Å². The zero-order chi connectivity index (χ0) is 15.1. The molecule has 1 heteroatoms. The van der Waals surface area contributed by atoms with Crippen molar-refractivity contribution in [1.82, 2.24) is 0 Å². The maximum atomic E-state index is 10.0. The molecule has 0 aromatic rings. The highest BCUT2D eigenvalue weighted by molar-refractivity contribution is 4.62. The van der Waals surface area contributed by atoms with Crippen LogP contribution in [0, 0.1) is 5.92 Å². The van der Waals surface area contributed by atoms with Crippen LogP contribution in [0.1, 0.15) is 111 Å². The van der Waals surface area contributed by atoms with E-state index in [1.54, 1.807) is 0 Å². The molecule has 20 heavy (non-hydrogen) atoms. The summed E-state index contributed by atoms with van der Waals surface area (Å²) in [7, 11) is 0. The van der Waals surface area contributed by atoms with Crippen molar-refractivity contribution >= 4 is 0 Å². The molecule has 0 bridgehead atoms. The number of rotatable bonds is 15. The van der Waals surface area contributed by atoms with Gasteiger partial charge in [0.2, 0.25) is 0 Å². The average molecular weight is 285 g/mol. The third kappa shape index (κ3) is 14.4. The molecular weight excluding hydrogens is 244 g/mol. The fourth-order valence-electron chi connectivity index (χ4n) is 2.94. The lowest BCUT2D eigenvalue weighted by atomic mass is 9.95. The van der Waals surface area contributed by atoms with Crippen molar-refractivity contribution in [3.8, 4) is 0 Å². The lowest BCUT2D eigenvalue weighted by Crippen LogP contribution is -2.11. The van der Waals surface area contributed by atoms with Gasteiger partial charge in [0, 0.05) is 0 Å². The highest BCUT2D eigenvalue weighted by atomic mass is 16.3. The molecule has 2 atom stereocenters. The van der Waals surface area contributed by atoms with Gasteiger partial charge < -0.3 is 5.11 Å². The van der Waals surface area contributed by atoms with E-state index in [0.29, 0.717) is 5.92 Å². The van der Waals surface area contributed by atoms with Crippen LogP contribution in [0.3, 0.4) is 0 Å². The van der Waals surface area contributed by atoms with Gasteiger partial charge >= 0.3 is 0 Å². The van der Waals surface area contributed by atoms with Gasteiger partial charge in [-0.15, -0.1) is 0 Å². The van der Waals surface area contributed by atoms with Gasteiger partial charge in [-0.2, -0.15) is 0 Å². The molecule has 0 fully saturated rings. The molecule has 0 aliphatic rings. The van der Waals surface area contributed by atoms with Crippen LogP contribution in [-0.2, 0) is 0 Å². The Labute approximate surface area is 128 Å². The van der Waals surface area contributed by atoms with Crippen LogP contribution in [0.5, 0.6) is 0 Å². The highest BCUT2D eigenvalue weighted by Gasteiger charge is 2.09. The number of hydrogen-bond donors (Lipinski definition) is 1. The lowest BCUT2D eigenvalue weighted by Gasteiger charge is -2.16. The van der Waals surface area contributed by atoms with Gasteiger partial charge in [0.05, 0.1) is 6.10 Å². The third-order valence-corrected chi connectivity index (χ3v) is 4.37.